The van der Waals surface area contributed by atoms with Crippen LogP contribution in [0.5, 0.6) is 0 Å². The molecule has 0 spiro atoms. The Morgan fingerprint density at radius 2 is 1.80 bits per heavy atom. The molecule has 0 aliphatic carbocycles. The molecule has 0 saturated carbocycles. The van der Waals surface area contributed by atoms with Gasteiger partial charge in [0.2, 0.25) is 0 Å². The zero-order valence-electron chi connectivity index (χ0n) is 8.23. The van der Waals surface area contributed by atoms with Gasteiger partial charge in [-0.2, -0.15) is 0 Å². The van der Waals surface area contributed by atoms with Gasteiger partial charge in [0.25, 0.3) is 0 Å². The highest BCUT2D eigenvalue weighted by Gasteiger charge is 2.11. The molecule has 0 unspecified atom stereocenters. The summed E-state index contributed by atoms with van der Waals surface area (Å²) in [5, 5.41) is 0.747. The maximum absolute atomic E-state index is 5.83. The predicted octanol–water partition coefficient (Wildman–Crippen LogP) is 2.07. The number of quaternary nitrogens is 1. The van der Waals surface area contributed by atoms with Crippen LogP contribution < -0.4 is 5.73 Å². The summed E-state index contributed by atoms with van der Waals surface area (Å²) in [4.78, 5) is 4.08. The lowest BCUT2D eigenvalue weighted by atomic mass is 10.0. The minimum Gasteiger partial charge on any atom is -0.348 e. The molecule has 0 aliphatic heterocycles. The van der Waals surface area contributed by atoms with Crippen LogP contribution in [0.4, 0.5) is 0 Å². The molecule has 76 valence electrons. The maximum atomic E-state index is 5.83. The van der Waals surface area contributed by atoms with Gasteiger partial charge in [-0.25, -0.2) is 0 Å². The molecule has 2 nitrogen and oxygen atoms in total. The van der Waals surface area contributed by atoms with Gasteiger partial charge >= 0.3 is 0 Å². The zero-order valence-corrected chi connectivity index (χ0v) is 8.98. The van der Waals surface area contributed by atoms with Crippen LogP contribution >= 0.6 is 11.6 Å². The second kappa shape index (κ2) is 4.43. The monoisotopic (exact) mass is 219 g/mol. The van der Waals surface area contributed by atoms with Crippen LogP contribution in [0.25, 0.3) is 0 Å². The first kappa shape index (κ1) is 10.1. The van der Waals surface area contributed by atoms with E-state index < -0.39 is 0 Å². The van der Waals surface area contributed by atoms with E-state index in [2.05, 4.69) is 10.7 Å². The number of pyridine rings is 1. The largest absolute Gasteiger partial charge is 0.348 e. The summed E-state index contributed by atoms with van der Waals surface area (Å²) in [7, 11) is 0. The van der Waals surface area contributed by atoms with E-state index in [9.17, 15) is 0 Å². The van der Waals surface area contributed by atoms with E-state index in [1.807, 2.05) is 42.6 Å². The normalized spacial score (nSPS) is 12.4. The van der Waals surface area contributed by atoms with Crippen molar-refractivity contribution in [2.24, 2.45) is 0 Å². The standard InChI is InChI=1S/C12H11ClN2/c13-11-5-3-9(4-6-11)12(14)10-2-1-7-15-8-10/h1-8,12H,14H2/p+1/t12-/m1/s1. The third-order valence-corrected chi connectivity index (χ3v) is 2.61. The van der Waals surface area contributed by atoms with Crippen molar-refractivity contribution >= 4 is 11.6 Å². The van der Waals surface area contributed by atoms with E-state index in [-0.39, 0.29) is 6.04 Å². The fourth-order valence-corrected chi connectivity index (χ4v) is 1.60. The van der Waals surface area contributed by atoms with Crippen LogP contribution in [-0.2, 0) is 0 Å². The molecule has 3 heteroatoms. The zero-order chi connectivity index (χ0) is 10.7. The summed E-state index contributed by atoms with van der Waals surface area (Å²) < 4.78 is 0. The van der Waals surface area contributed by atoms with Gasteiger partial charge in [0, 0.05) is 28.5 Å². The van der Waals surface area contributed by atoms with Crippen molar-refractivity contribution in [2.75, 3.05) is 0 Å². The quantitative estimate of drug-likeness (QED) is 0.826. The molecule has 0 fully saturated rings. The van der Waals surface area contributed by atoms with E-state index in [4.69, 9.17) is 11.6 Å². The van der Waals surface area contributed by atoms with Crippen LogP contribution in [0.1, 0.15) is 17.2 Å². The highest BCUT2D eigenvalue weighted by atomic mass is 35.5. The average molecular weight is 220 g/mol. The van der Waals surface area contributed by atoms with Crippen LogP contribution in [0.2, 0.25) is 5.02 Å². The van der Waals surface area contributed by atoms with Gasteiger partial charge in [0.1, 0.15) is 6.04 Å². The van der Waals surface area contributed by atoms with Crippen molar-refractivity contribution in [1.29, 1.82) is 0 Å². The van der Waals surface area contributed by atoms with E-state index >= 15 is 0 Å². The SMILES string of the molecule is [NH3+][C@H](c1ccc(Cl)cc1)c1cccnc1. The first-order valence-corrected chi connectivity index (χ1v) is 5.13. The molecule has 0 saturated heterocycles. The van der Waals surface area contributed by atoms with Crippen molar-refractivity contribution in [3.8, 4) is 0 Å². The van der Waals surface area contributed by atoms with Crippen molar-refractivity contribution in [2.45, 2.75) is 6.04 Å². The number of aromatic nitrogens is 1. The molecule has 0 amide bonds. The van der Waals surface area contributed by atoms with Crippen molar-refractivity contribution in [1.82, 2.24) is 4.98 Å². The first-order chi connectivity index (χ1) is 7.27. The summed E-state index contributed by atoms with van der Waals surface area (Å²) >= 11 is 5.83. The van der Waals surface area contributed by atoms with Gasteiger partial charge in [-0.3, -0.25) is 4.98 Å². The molecule has 1 heterocycles. The second-order valence-electron chi connectivity index (χ2n) is 3.39. The number of benzene rings is 1. The Kier molecular flexibility index (Phi) is 2.99. The number of hydrogen-bond acceptors (Lipinski definition) is 1. The fourth-order valence-electron chi connectivity index (χ4n) is 1.47. The van der Waals surface area contributed by atoms with Crippen molar-refractivity contribution in [3.63, 3.8) is 0 Å². The Bertz CT molecular complexity index is 425. The molecule has 1 aromatic carbocycles. The van der Waals surface area contributed by atoms with E-state index in [1.165, 1.54) is 0 Å². The lowest BCUT2D eigenvalue weighted by Crippen LogP contribution is -2.54. The Labute approximate surface area is 93.7 Å². The van der Waals surface area contributed by atoms with Crippen LogP contribution in [0.15, 0.2) is 48.8 Å². The molecule has 3 N–H and O–H groups in total. The topological polar surface area (TPSA) is 40.5 Å². The lowest BCUT2D eigenvalue weighted by molar-refractivity contribution is -0.411. The highest BCUT2D eigenvalue weighted by molar-refractivity contribution is 6.30. The molecule has 2 rings (SSSR count). The third-order valence-electron chi connectivity index (χ3n) is 2.36. The fraction of sp³-hybridized carbons (Fsp3) is 0.0833. The predicted molar refractivity (Wildman–Crippen MR) is 60.4 cm³/mol. The van der Waals surface area contributed by atoms with Crippen LogP contribution in [-0.4, -0.2) is 4.98 Å². The number of hydrogen-bond donors (Lipinski definition) is 1. The summed E-state index contributed by atoms with van der Waals surface area (Å²) in [6.07, 6.45) is 3.60. The molecule has 2 aromatic rings. The van der Waals surface area contributed by atoms with Gasteiger partial charge in [0.05, 0.1) is 0 Å². The second-order valence-corrected chi connectivity index (χ2v) is 3.83. The number of rotatable bonds is 2. The molecule has 0 radical (unpaired) electrons. The minimum atomic E-state index is 0.107. The van der Waals surface area contributed by atoms with Gasteiger partial charge in [-0.1, -0.05) is 23.7 Å². The molecular formula is C12H12ClN2+. The molecule has 1 aromatic heterocycles. The summed E-state index contributed by atoms with van der Waals surface area (Å²) in [5.74, 6) is 0. The molecule has 15 heavy (non-hydrogen) atoms. The number of halogens is 1. The Morgan fingerprint density at radius 3 is 2.40 bits per heavy atom. The summed E-state index contributed by atoms with van der Waals surface area (Å²) in [6.45, 7) is 0. The van der Waals surface area contributed by atoms with E-state index in [0.717, 1.165) is 16.1 Å². The van der Waals surface area contributed by atoms with Crippen molar-refractivity contribution < 1.29 is 5.73 Å². The van der Waals surface area contributed by atoms with Crippen LogP contribution in [0.3, 0.4) is 0 Å². The van der Waals surface area contributed by atoms with Gasteiger partial charge in [-0.15, -0.1) is 0 Å². The number of nitrogens with zero attached hydrogens (tertiary/aromatic N) is 1. The average Bonchev–Trinajstić information content (AvgIpc) is 2.30. The third kappa shape index (κ3) is 2.35. The Hall–Kier alpha value is -1.38. The molecular weight excluding hydrogens is 208 g/mol. The first-order valence-electron chi connectivity index (χ1n) is 4.76. The van der Waals surface area contributed by atoms with Gasteiger partial charge in [-0.05, 0) is 24.3 Å². The maximum Gasteiger partial charge on any atom is 0.137 e. The van der Waals surface area contributed by atoms with Crippen LogP contribution in [0, 0.1) is 0 Å². The summed E-state index contributed by atoms with van der Waals surface area (Å²) in [5.41, 5.74) is 6.38. The molecule has 0 bridgehead atoms. The van der Waals surface area contributed by atoms with E-state index in [0.29, 0.717) is 0 Å². The molecule has 1 atom stereocenters. The Morgan fingerprint density at radius 1 is 1.07 bits per heavy atom. The van der Waals surface area contributed by atoms with E-state index in [1.54, 1.807) is 6.20 Å². The summed E-state index contributed by atoms with van der Waals surface area (Å²) in [6, 6.07) is 11.8. The lowest BCUT2D eigenvalue weighted by Gasteiger charge is -2.08. The Balaban J connectivity index is 2.29. The highest BCUT2D eigenvalue weighted by Crippen LogP contribution is 2.18. The van der Waals surface area contributed by atoms with Crippen molar-refractivity contribution in [3.05, 3.63) is 64.9 Å². The minimum absolute atomic E-state index is 0.107. The van der Waals surface area contributed by atoms with Gasteiger partial charge < -0.3 is 5.73 Å². The smallest absolute Gasteiger partial charge is 0.137 e. The molecule has 0 aliphatic rings. The van der Waals surface area contributed by atoms with Gasteiger partial charge in [0.15, 0.2) is 0 Å².